The van der Waals surface area contributed by atoms with Crippen molar-refractivity contribution in [2.45, 2.75) is 117 Å². The van der Waals surface area contributed by atoms with Crippen LogP contribution in [-0.2, 0) is 23.9 Å². The summed E-state index contributed by atoms with van der Waals surface area (Å²) in [4.78, 5) is 36.7. The van der Waals surface area contributed by atoms with E-state index in [0.29, 0.717) is 32.1 Å². The van der Waals surface area contributed by atoms with Gasteiger partial charge in [0.25, 0.3) is 5.09 Å². The summed E-state index contributed by atoms with van der Waals surface area (Å²) in [6.07, 6.45) is 2.14. The van der Waals surface area contributed by atoms with Gasteiger partial charge in [-0.1, -0.05) is 0 Å². The van der Waals surface area contributed by atoms with Crippen LogP contribution in [0.2, 0.25) is 0 Å². The molecule has 29 heavy (non-hydrogen) atoms. The predicted octanol–water partition coefficient (Wildman–Crippen LogP) is 3.97. The molecule has 0 fully saturated rings. The molecule has 0 aliphatic carbocycles. The quantitative estimate of drug-likeness (QED) is 0.319. The van der Waals surface area contributed by atoms with Crippen LogP contribution in [0, 0.1) is 10.1 Å². The molecule has 0 bridgehead atoms. The number of hydrogen-bond acceptors (Lipinski definition) is 8. The van der Waals surface area contributed by atoms with Crippen molar-refractivity contribution < 1.29 is 34.1 Å². The molecule has 1 N–H and O–H groups in total. The molecule has 0 amide bonds. The second kappa shape index (κ2) is 14.1. The maximum atomic E-state index is 11.3. The Kier molecular flexibility index (Phi) is 14.3. The number of carbonyl (C=O) groups excluding carboxylic acids is 2. The van der Waals surface area contributed by atoms with Crippen molar-refractivity contribution in [3.8, 4) is 0 Å². The average Bonchev–Trinajstić information content (AvgIpc) is 2.42. The molecule has 0 aromatic carbocycles. The Morgan fingerprint density at radius 2 is 1.28 bits per heavy atom. The molecule has 0 heterocycles. The fraction of sp³-hybridized carbons (Fsp3) is 0.900. The smallest absolute Gasteiger partial charge is 0.306 e. The van der Waals surface area contributed by atoms with E-state index in [-0.39, 0.29) is 24.5 Å². The highest BCUT2D eigenvalue weighted by molar-refractivity contribution is 5.70. The highest BCUT2D eigenvalue weighted by Crippen LogP contribution is 2.12. The maximum Gasteiger partial charge on any atom is 0.306 e. The lowest BCUT2D eigenvalue weighted by atomic mass is 10.1. The van der Waals surface area contributed by atoms with Crippen molar-refractivity contribution in [1.82, 2.24) is 0 Å². The first-order valence-corrected chi connectivity index (χ1v) is 9.94. The summed E-state index contributed by atoms with van der Waals surface area (Å²) in [5.41, 5.74) is -0.887. The number of ether oxygens (including phenoxy) is 2. The molecule has 9 heteroatoms. The predicted molar refractivity (Wildman–Crippen MR) is 109 cm³/mol. The normalized spacial score (nSPS) is 13.4. The monoisotopic (exact) mass is 421 g/mol. The molecule has 0 spiro atoms. The van der Waals surface area contributed by atoms with E-state index in [9.17, 15) is 19.7 Å². The third-order valence-electron chi connectivity index (χ3n) is 3.10. The molecule has 0 radical (unpaired) electrons. The van der Waals surface area contributed by atoms with Gasteiger partial charge in [0.1, 0.15) is 17.3 Å². The zero-order chi connectivity index (χ0) is 23.3. The Labute approximate surface area is 174 Å². The molecule has 0 saturated heterocycles. The number of carbonyl (C=O) groups is 2. The van der Waals surface area contributed by atoms with Crippen molar-refractivity contribution in [2.24, 2.45) is 0 Å². The minimum absolute atomic E-state index is 0.187. The molecule has 172 valence electrons. The average molecular weight is 422 g/mol. The lowest BCUT2D eigenvalue weighted by Crippen LogP contribution is -2.24. The Bertz CT molecular complexity index is 492. The van der Waals surface area contributed by atoms with Crippen LogP contribution in [0.15, 0.2) is 0 Å². The Hall–Kier alpha value is -1.90. The van der Waals surface area contributed by atoms with Crippen LogP contribution in [0.25, 0.3) is 0 Å². The minimum Gasteiger partial charge on any atom is -0.460 e. The van der Waals surface area contributed by atoms with Gasteiger partial charge >= 0.3 is 11.9 Å². The van der Waals surface area contributed by atoms with Gasteiger partial charge in [-0.15, -0.1) is 10.1 Å². The first-order chi connectivity index (χ1) is 13.0. The van der Waals surface area contributed by atoms with Gasteiger partial charge in [-0.3, -0.25) is 9.59 Å². The van der Waals surface area contributed by atoms with Crippen LogP contribution in [0.1, 0.15) is 93.9 Å². The molecule has 0 aromatic heterocycles. The standard InChI is InChI=1S/C10H19NO5.C10H20O3/c1-8(16-11(13)14)6-5-7-9(12)15-10(2,3)4;1-8(11)6-5-7-9(12)13-10(2,3)4/h8H,5-7H2,1-4H3;8,11H,5-7H2,1-4H3. The zero-order valence-electron chi connectivity index (χ0n) is 19.1. The molecule has 0 aliphatic heterocycles. The van der Waals surface area contributed by atoms with E-state index < -0.39 is 22.4 Å². The van der Waals surface area contributed by atoms with Crippen molar-refractivity contribution in [3.05, 3.63) is 10.1 Å². The first kappa shape index (κ1) is 29.3. The summed E-state index contributed by atoms with van der Waals surface area (Å²) in [5, 5.41) is 18.1. The third-order valence-corrected chi connectivity index (χ3v) is 3.10. The number of aliphatic hydroxyl groups excluding tert-OH is 1. The van der Waals surface area contributed by atoms with Gasteiger partial charge in [-0.2, -0.15) is 0 Å². The summed E-state index contributed by atoms with van der Waals surface area (Å²) < 4.78 is 10.2. The van der Waals surface area contributed by atoms with E-state index >= 15 is 0 Å². The third kappa shape index (κ3) is 26.1. The van der Waals surface area contributed by atoms with Gasteiger partial charge in [0.2, 0.25) is 0 Å². The topological polar surface area (TPSA) is 125 Å². The number of nitrogens with zero attached hydrogens (tertiary/aromatic N) is 1. The highest BCUT2D eigenvalue weighted by atomic mass is 17.0. The van der Waals surface area contributed by atoms with E-state index in [2.05, 4.69) is 4.84 Å². The minimum atomic E-state index is -0.821. The summed E-state index contributed by atoms with van der Waals surface area (Å²) >= 11 is 0. The summed E-state index contributed by atoms with van der Waals surface area (Å²) in [6.45, 7) is 14.2. The number of esters is 2. The lowest BCUT2D eigenvalue weighted by molar-refractivity contribution is -0.767. The molecular formula is C20H39NO8. The fourth-order valence-corrected chi connectivity index (χ4v) is 2.06. The van der Waals surface area contributed by atoms with Crippen molar-refractivity contribution in [1.29, 1.82) is 0 Å². The zero-order valence-corrected chi connectivity index (χ0v) is 19.1. The molecule has 0 rings (SSSR count). The number of aliphatic hydroxyl groups is 1. The van der Waals surface area contributed by atoms with E-state index in [4.69, 9.17) is 14.6 Å². The van der Waals surface area contributed by atoms with E-state index in [1.54, 1.807) is 34.6 Å². The van der Waals surface area contributed by atoms with Crippen LogP contribution in [-0.4, -0.2) is 45.5 Å². The molecular weight excluding hydrogens is 382 g/mol. The molecule has 0 aromatic rings. The van der Waals surface area contributed by atoms with Crippen molar-refractivity contribution >= 4 is 11.9 Å². The maximum absolute atomic E-state index is 11.3. The van der Waals surface area contributed by atoms with Crippen LogP contribution in [0.4, 0.5) is 0 Å². The van der Waals surface area contributed by atoms with E-state index in [1.165, 1.54) is 0 Å². The van der Waals surface area contributed by atoms with Gasteiger partial charge in [-0.05, 0) is 81.1 Å². The second-order valence-corrected chi connectivity index (χ2v) is 8.95. The van der Waals surface area contributed by atoms with Gasteiger partial charge in [-0.25, -0.2) is 0 Å². The second-order valence-electron chi connectivity index (χ2n) is 8.95. The van der Waals surface area contributed by atoms with Crippen molar-refractivity contribution in [3.63, 3.8) is 0 Å². The SMILES string of the molecule is CC(CCCC(=O)OC(C)(C)C)O[N+](=O)[O-].CC(O)CCCC(=O)OC(C)(C)C. The summed E-state index contributed by atoms with van der Waals surface area (Å²) in [6, 6.07) is 0. The molecule has 2 unspecified atom stereocenters. The first-order valence-electron chi connectivity index (χ1n) is 9.94. The number of hydrogen-bond donors (Lipinski definition) is 1. The summed E-state index contributed by atoms with van der Waals surface area (Å²) in [7, 11) is 0. The molecule has 2 atom stereocenters. The highest BCUT2D eigenvalue weighted by Gasteiger charge is 2.17. The molecule has 0 aliphatic rings. The van der Waals surface area contributed by atoms with Crippen LogP contribution < -0.4 is 0 Å². The number of rotatable bonds is 10. The van der Waals surface area contributed by atoms with E-state index in [1.807, 2.05) is 20.8 Å². The van der Waals surface area contributed by atoms with Gasteiger partial charge < -0.3 is 19.4 Å². The summed E-state index contributed by atoms with van der Waals surface area (Å²) in [5.74, 6) is -0.478. The van der Waals surface area contributed by atoms with Crippen LogP contribution >= 0.6 is 0 Å². The van der Waals surface area contributed by atoms with Gasteiger partial charge in [0, 0.05) is 12.8 Å². The van der Waals surface area contributed by atoms with Crippen LogP contribution in [0.5, 0.6) is 0 Å². The Morgan fingerprint density at radius 1 is 0.897 bits per heavy atom. The Morgan fingerprint density at radius 3 is 1.59 bits per heavy atom. The fourth-order valence-electron chi connectivity index (χ4n) is 2.06. The lowest BCUT2D eigenvalue weighted by Gasteiger charge is -2.19. The van der Waals surface area contributed by atoms with Crippen LogP contribution in [0.3, 0.4) is 0 Å². The largest absolute Gasteiger partial charge is 0.460 e. The van der Waals surface area contributed by atoms with Gasteiger partial charge in [0.05, 0.1) is 6.10 Å². The van der Waals surface area contributed by atoms with Crippen molar-refractivity contribution in [2.75, 3.05) is 0 Å². The molecule has 9 nitrogen and oxygen atoms in total. The Balaban J connectivity index is 0. The van der Waals surface area contributed by atoms with Gasteiger partial charge in [0.15, 0.2) is 0 Å². The molecule has 0 saturated carbocycles. The van der Waals surface area contributed by atoms with E-state index in [0.717, 1.165) is 0 Å².